The Bertz CT molecular complexity index is 534. The lowest BCUT2D eigenvalue weighted by Gasteiger charge is -2.25. The first-order chi connectivity index (χ1) is 9.39. The predicted molar refractivity (Wildman–Crippen MR) is 77.2 cm³/mol. The van der Waals surface area contributed by atoms with Crippen molar-refractivity contribution in [2.24, 2.45) is 0 Å². The van der Waals surface area contributed by atoms with E-state index in [1.807, 2.05) is 13.8 Å². The number of benzene rings is 1. The summed E-state index contributed by atoms with van der Waals surface area (Å²) in [5.74, 6) is -1.05. The van der Waals surface area contributed by atoms with Crippen molar-refractivity contribution in [2.75, 3.05) is 5.32 Å². The number of amides is 2. The number of nitrogens with one attached hydrogen (secondary N) is 2. The maximum Gasteiger partial charge on any atom is 0.337 e. The van der Waals surface area contributed by atoms with E-state index in [-0.39, 0.29) is 17.1 Å². The Hall–Kier alpha value is -2.04. The molecule has 3 N–H and O–H groups in total. The molecule has 1 fully saturated rings. The summed E-state index contributed by atoms with van der Waals surface area (Å²) in [6, 6.07) is 4.60. The summed E-state index contributed by atoms with van der Waals surface area (Å²) < 4.78 is 0. The van der Waals surface area contributed by atoms with Crippen molar-refractivity contribution in [3.05, 3.63) is 29.3 Å². The van der Waals surface area contributed by atoms with E-state index in [1.54, 1.807) is 18.2 Å². The predicted octanol–water partition coefficient (Wildman–Crippen LogP) is 3.15. The summed E-state index contributed by atoms with van der Waals surface area (Å²) in [5, 5.41) is 14.7. The Kier molecular flexibility index (Phi) is 3.97. The summed E-state index contributed by atoms with van der Waals surface area (Å²) in [5.41, 5.74) is 1.09. The number of carboxylic acids is 1. The van der Waals surface area contributed by atoms with Crippen LogP contribution in [0, 0.1) is 6.92 Å². The number of hydrogen-bond donors (Lipinski definition) is 3. The zero-order chi connectivity index (χ0) is 14.8. The minimum Gasteiger partial charge on any atom is -0.478 e. The normalized spacial score (nSPS) is 16.7. The Labute approximate surface area is 118 Å². The van der Waals surface area contributed by atoms with Crippen molar-refractivity contribution in [3.63, 3.8) is 0 Å². The van der Waals surface area contributed by atoms with Gasteiger partial charge >= 0.3 is 12.0 Å². The number of carbonyl (C=O) groups excluding carboxylic acids is 1. The van der Waals surface area contributed by atoms with Gasteiger partial charge in [-0.05, 0) is 38.8 Å². The van der Waals surface area contributed by atoms with Crippen LogP contribution in [-0.2, 0) is 0 Å². The van der Waals surface area contributed by atoms with Crippen LogP contribution in [0.25, 0.3) is 0 Å². The number of carboxylic acid groups (broad SMARTS) is 1. The second-order valence-electron chi connectivity index (χ2n) is 5.70. The van der Waals surface area contributed by atoms with Gasteiger partial charge in [0, 0.05) is 5.54 Å². The van der Waals surface area contributed by atoms with Crippen LogP contribution in [0.15, 0.2) is 18.2 Å². The summed E-state index contributed by atoms with van der Waals surface area (Å²) in [6.07, 6.45) is 4.14. The minimum atomic E-state index is -1.05. The smallest absolute Gasteiger partial charge is 0.337 e. The highest BCUT2D eigenvalue weighted by Crippen LogP contribution is 2.29. The Balaban J connectivity index is 2.09. The molecule has 0 bridgehead atoms. The molecule has 108 valence electrons. The van der Waals surface area contributed by atoms with Crippen LogP contribution in [-0.4, -0.2) is 22.6 Å². The highest BCUT2D eigenvalue weighted by molar-refractivity contribution is 6.00. The number of aryl methyl sites for hydroxylation is 1. The quantitative estimate of drug-likeness (QED) is 0.793. The fourth-order valence-corrected chi connectivity index (χ4v) is 2.65. The first kappa shape index (κ1) is 14.4. The van der Waals surface area contributed by atoms with Gasteiger partial charge in [0.05, 0.1) is 11.3 Å². The first-order valence-electron chi connectivity index (χ1n) is 6.83. The van der Waals surface area contributed by atoms with Gasteiger partial charge in [-0.1, -0.05) is 24.5 Å². The molecule has 1 aromatic carbocycles. The van der Waals surface area contributed by atoms with Gasteiger partial charge in [0.25, 0.3) is 0 Å². The first-order valence-corrected chi connectivity index (χ1v) is 6.83. The third kappa shape index (κ3) is 3.29. The monoisotopic (exact) mass is 276 g/mol. The van der Waals surface area contributed by atoms with Crippen LogP contribution >= 0.6 is 0 Å². The summed E-state index contributed by atoms with van der Waals surface area (Å²) in [4.78, 5) is 23.2. The molecule has 0 atom stereocenters. The number of rotatable bonds is 3. The minimum absolute atomic E-state index is 0.108. The molecule has 0 aliphatic heterocycles. The lowest BCUT2D eigenvalue weighted by atomic mass is 10.0. The fraction of sp³-hybridized carbons (Fsp3) is 0.467. The van der Waals surface area contributed by atoms with Crippen molar-refractivity contribution >= 4 is 17.7 Å². The molecule has 1 aromatic rings. The molecule has 1 aliphatic carbocycles. The van der Waals surface area contributed by atoms with E-state index >= 15 is 0 Å². The third-order valence-electron chi connectivity index (χ3n) is 3.78. The fourth-order valence-electron chi connectivity index (χ4n) is 2.65. The van der Waals surface area contributed by atoms with Crippen LogP contribution in [0.5, 0.6) is 0 Å². The number of urea groups is 1. The number of hydrogen-bond acceptors (Lipinski definition) is 2. The highest BCUT2D eigenvalue weighted by Gasteiger charge is 2.30. The van der Waals surface area contributed by atoms with E-state index in [0.29, 0.717) is 5.69 Å². The van der Waals surface area contributed by atoms with E-state index in [4.69, 9.17) is 5.11 Å². The molecule has 0 radical (unpaired) electrons. The topological polar surface area (TPSA) is 78.4 Å². The molecule has 2 amide bonds. The molecule has 1 aliphatic rings. The SMILES string of the molecule is Cc1ccc(NC(=O)NC2(C)CCCC2)c(C(=O)O)c1. The van der Waals surface area contributed by atoms with E-state index < -0.39 is 5.97 Å². The lowest BCUT2D eigenvalue weighted by molar-refractivity contribution is 0.0698. The Morgan fingerprint density at radius 1 is 1.25 bits per heavy atom. The van der Waals surface area contributed by atoms with Gasteiger partial charge in [-0.15, -0.1) is 0 Å². The molecule has 20 heavy (non-hydrogen) atoms. The van der Waals surface area contributed by atoms with Crippen LogP contribution < -0.4 is 10.6 Å². The van der Waals surface area contributed by atoms with Crippen LogP contribution in [0.1, 0.15) is 48.5 Å². The average Bonchev–Trinajstić information content (AvgIpc) is 2.77. The summed E-state index contributed by atoms with van der Waals surface area (Å²) in [7, 11) is 0. The zero-order valence-electron chi connectivity index (χ0n) is 11.8. The van der Waals surface area contributed by atoms with Gasteiger partial charge in [-0.2, -0.15) is 0 Å². The lowest BCUT2D eigenvalue weighted by Crippen LogP contribution is -2.45. The van der Waals surface area contributed by atoms with E-state index in [2.05, 4.69) is 10.6 Å². The van der Waals surface area contributed by atoms with Crippen molar-refractivity contribution in [2.45, 2.75) is 45.1 Å². The Morgan fingerprint density at radius 2 is 1.90 bits per heavy atom. The number of aromatic carboxylic acids is 1. The Morgan fingerprint density at radius 3 is 2.50 bits per heavy atom. The number of carbonyl (C=O) groups is 2. The zero-order valence-corrected chi connectivity index (χ0v) is 11.8. The van der Waals surface area contributed by atoms with Gasteiger partial charge in [0.1, 0.15) is 0 Å². The van der Waals surface area contributed by atoms with Crippen molar-refractivity contribution in [1.29, 1.82) is 0 Å². The molecular weight excluding hydrogens is 256 g/mol. The van der Waals surface area contributed by atoms with Crippen molar-refractivity contribution in [3.8, 4) is 0 Å². The molecule has 1 saturated carbocycles. The van der Waals surface area contributed by atoms with E-state index in [9.17, 15) is 9.59 Å². The maximum absolute atomic E-state index is 12.0. The molecule has 0 saturated heterocycles. The molecular formula is C15H20N2O3. The van der Waals surface area contributed by atoms with Gasteiger partial charge in [-0.3, -0.25) is 0 Å². The van der Waals surface area contributed by atoms with Crippen LogP contribution in [0.4, 0.5) is 10.5 Å². The second kappa shape index (κ2) is 5.53. The van der Waals surface area contributed by atoms with Gasteiger partial charge in [0.15, 0.2) is 0 Å². The largest absolute Gasteiger partial charge is 0.478 e. The standard InChI is InChI=1S/C15H20N2O3/c1-10-5-6-12(11(9-10)13(18)19)16-14(20)17-15(2)7-3-4-8-15/h5-6,9H,3-4,7-8H2,1-2H3,(H,18,19)(H2,16,17,20). The van der Waals surface area contributed by atoms with Gasteiger partial charge < -0.3 is 15.7 Å². The molecule has 0 heterocycles. The van der Waals surface area contributed by atoms with E-state index in [1.165, 1.54) is 0 Å². The van der Waals surface area contributed by atoms with Crippen LogP contribution in [0.2, 0.25) is 0 Å². The maximum atomic E-state index is 12.0. The van der Waals surface area contributed by atoms with Crippen LogP contribution in [0.3, 0.4) is 0 Å². The second-order valence-corrected chi connectivity index (χ2v) is 5.70. The molecule has 0 unspecified atom stereocenters. The average molecular weight is 276 g/mol. The summed E-state index contributed by atoms with van der Waals surface area (Å²) >= 11 is 0. The highest BCUT2D eigenvalue weighted by atomic mass is 16.4. The van der Waals surface area contributed by atoms with Gasteiger partial charge in [0.2, 0.25) is 0 Å². The number of anilines is 1. The molecule has 5 heteroatoms. The van der Waals surface area contributed by atoms with E-state index in [0.717, 1.165) is 31.2 Å². The molecule has 2 rings (SSSR count). The van der Waals surface area contributed by atoms with Crippen molar-refractivity contribution in [1.82, 2.24) is 5.32 Å². The summed E-state index contributed by atoms with van der Waals surface area (Å²) in [6.45, 7) is 3.84. The van der Waals surface area contributed by atoms with Gasteiger partial charge in [-0.25, -0.2) is 9.59 Å². The molecule has 0 spiro atoms. The molecule has 0 aromatic heterocycles. The molecule has 5 nitrogen and oxygen atoms in total. The van der Waals surface area contributed by atoms with Crippen molar-refractivity contribution < 1.29 is 14.7 Å². The third-order valence-corrected chi connectivity index (χ3v) is 3.78.